The van der Waals surface area contributed by atoms with E-state index in [1.165, 1.54) is 0 Å². The van der Waals surface area contributed by atoms with Crippen molar-refractivity contribution in [3.63, 3.8) is 0 Å². The van der Waals surface area contributed by atoms with Gasteiger partial charge in [0.05, 0.1) is 0 Å². The Morgan fingerprint density at radius 1 is 1.44 bits per heavy atom. The van der Waals surface area contributed by atoms with Crippen molar-refractivity contribution in [3.8, 4) is 0 Å². The number of aryl methyl sites for hydroxylation is 1. The first-order valence-electron chi connectivity index (χ1n) is 5.33. The average molecular weight is 236 g/mol. The van der Waals surface area contributed by atoms with Gasteiger partial charge in [-0.1, -0.05) is 11.8 Å². The Balaban J connectivity index is 2.33. The Hall–Kier alpha value is -1.30. The van der Waals surface area contributed by atoms with E-state index in [0.717, 1.165) is 30.3 Å². The molecule has 0 saturated carbocycles. The first-order valence-corrected chi connectivity index (χ1v) is 6.31. The molecular weight excluding hydrogens is 224 g/mol. The lowest BCUT2D eigenvalue weighted by Gasteiger charge is -2.05. The maximum Gasteiger partial charge on any atom is 0.265 e. The van der Waals surface area contributed by atoms with Crippen molar-refractivity contribution in [1.29, 1.82) is 0 Å². The normalized spacial score (nSPS) is 16.1. The second-order valence-corrected chi connectivity index (χ2v) is 5.01. The van der Waals surface area contributed by atoms with Gasteiger partial charge in [-0.15, -0.1) is 0 Å². The Morgan fingerprint density at radius 3 is 3.19 bits per heavy atom. The third-order valence-electron chi connectivity index (χ3n) is 2.72. The molecule has 0 N–H and O–H groups in total. The Kier molecular flexibility index (Phi) is 2.24. The molecule has 0 radical (unpaired) electrons. The highest BCUT2D eigenvalue weighted by Gasteiger charge is 2.15. The van der Waals surface area contributed by atoms with Gasteiger partial charge in [0, 0.05) is 25.5 Å². The molecule has 0 saturated heterocycles. The lowest BCUT2D eigenvalue weighted by molar-refractivity contribution is 0.571. The molecule has 3 rings (SSSR count). The third kappa shape index (κ3) is 1.44. The summed E-state index contributed by atoms with van der Waals surface area (Å²) in [6.45, 7) is 0.777. The van der Waals surface area contributed by atoms with Gasteiger partial charge in [0.15, 0.2) is 10.8 Å². The van der Waals surface area contributed by atoms with Crippen LogP contribution in [0.3, 0.4) is 0 Å². The maximum absolute atomic E-state index is 12.2. The van der Waals surface area contributed by atoms with E-state index in [4.69, 9.17) is 0 Å². The van der Waals surface area contributed by atoms with E-state index in [1.54, 1.807) is 27.2 Å². The van der Waals surface area contributed by atoms with Crippen LogP contribution in [-0.2, 0) is 13.6 Å². The minimum Gasteiger partial charge on any atom is -0.287 e. The molecule has 0 spiro atoms. The number of thioether (sulfide) groups is 1. The largest absolute Gasteiger partial charge is 0.287 e. The minimum absolute atomic E-state index is 0.0440. The Labute approximate surface area is 96.5 Å². The van der Waals surface area contributed by atoms with Crippen molar-refractivity contribution < 1.29 is 0 Å². The predicted octanol–water partition coefficient (Wildman–Crippen LogP) is 1.02. The molecule has 0 unspecified atom stereocenters. The van der Waals surface area contributed by atoms with E-state index in [1.807, 2.05) is 7.05 Å². The zero-order chi connectivity index (χ0) is 11.1. The van der Waals surface area contributed by atoms with Crippen LogP contribution < -0.4 is 5.56 Å². The molecule has 0 aliphatic carbocycles. The highest BCUT2D eigenvalue weighted by Crippen LogP contribution is 2.21. The molecule has 1 aliphatic rings. The van der Waals surface area contributed by atoms with Crippen LogP contribution in [0.4, 0.5) is 0 Å². The summed E-state index contributed by atoms with van der Waals surface area (Å²) in [7, 11) is 1.81. The number of nitrogens with zero attached hydrogens (tertiary/aromatic N) is 4. The standard InChI is InChI=1S/C10H12N4OS/c1-13-6-7-8(12-13)11-10-14(9(7)15)4-2-3-5-16-10/h6H,2-5H2,1H3. The van der Waals surface area contributed by atoms with Crippen molar-refractivity contribution in [1.82, 2.24) is 19.3 Å². The molecule has 6 heteroatoms. The summed E-state index contributed by atoms with van der Waals surface area (Å²) in [6.07, 6.45) is 3.93. The van der Waals surface area contributed by atoms with Gasteiger partial charge in [-0.3, -0.25) is 14.0 Å². The molecule has 84 valence electrons. The quantitative estimate of drug-likeness (QED) is 0.641. The molecule has 2 aromatic heterocycles. The highest BCUT2D eigenvalue weighted by molar-refractivity contribution is 7.99. The van der Waals surface area contributed by atoms with Crippen LogP contribution in [0, 0.1) is 0 Å². The second-order valence-electron chi connectivity index (χ2n) is 3.95. The summed E-state index contributed by atoms with van der Waals surface area (Å²) >= 11 is 1.65. The number of fused-ring (bicyclic) bond motifs is 2. The topological polar surface area (TPSA) is 52.7 Å². The lowest BCUT2D eigenvalue weighted by Crippen LogP contribution is -2.22. The summed E-state index contributed by atoms with van der Waals surface area (Å²) < 4.78 is 3.42. The zero-order valence-electron chi connectivity index (χ0n) is 9.01. The smallest absolute Gasteiger partial charge is 0.265 e. The highest BCUT2D eigenvalue weighted by atomic mass is 32.2. The van der Waals surface area contributed by atoms with Crippen LogP contribution in [0.5, 0.6) is 0 Å². The van der Waals surface area contributed by atoms with Crippen LogP contribution in [0.1, 0.15) is 12.8 Å². The van der Waals surface area contributed by atoms with Gasteiger partial charge >= 0.3 is 0 Å². The van der Waals surface area contributed by atoms with Crippen molar-refractivity contribution in [3.05, 3.63) is 16.6 Å². The molecule has 0 amide bonds. The molecule has 0 aromatic carbocycles. The SMILES string of the molecule is Cn1cc2c(=O)n3c(nc2n1)SCCCC3. The van der Waals surface area contributed by atoms with E-state index < -0.39 is 0 Å². The summed E-state index contributed by atoms with van der Waals surface area (Å²) in [6, 6.07) is 0. The van der Waals surface area contributed by atoms with Crippen molar-refractivity contribution in [2.24, 2.45) is 7.05 Å². The monoisotopic (exact) mass is 236 g/mol. The predicted molar refractivity (Wildman–Crippen MR) is 62.7 cm³/mol. The fourth-order valence-electron chi connectivity index (χ4n) is 1.94. The molecular formula is C10H12N4OS. The van der Waals surface area contributed by atoms with E-state index >= 15 is 0 Å². The van der Waals surface area contributed by atoms with Crippen LogP contribution in [0.2, 0.25) is 0 Å². The van der Waals surface area contributed by atoms with E-state index in [2.05, 4.69) is 10.1 Å². The first-order chi connectivity index (χ1) is 7.75. The fourth-order valence-corrected chi connectivity index (χ4v) is 2.95. The van der Waals surface area contributed by atoms with Gasteiger partial charge < -0.3 is 0 Å². The van der Waals surface area contributed by atoms with Crippen molar-refractivity contribution in [2.75, 3.05) is 5.75 Å². The van der Waals surface area contributed by atoms with Crippen molar-refractivity contribution in [2.45, 2.75) is 24.5 Å². The van der Waals surface area contributed by atoms with Crippen molar-refractivity contribution >= 4 is 22.8 Å². The van der Waals surface area contributed by atoms with Gasteiger partial charge in [0.1, 0.15) is 5.39 Å². The van der Waals surface area contributed by atoms with Gasteiger partial charge in [0.25, 0.3) is 5.56 Å². The van der Waals surface area contributed by atoms with Crippen LogP contribution >= 0.6 is 11.8 Å². The molecule has 3 heterocycles. The third-order valence-corrected chi connectivity index (χ3v) is 3.79. The molecule has 0 atom stereocenters. The molecule has 16 heavy (non-hydrogen) atoms. The van der Waals surface area contributed by atoms with Crippen LogP contribution in [0.25, 0.3) is 11.0 Å². The molecule has 0 bridgehead atoms. The second kappa shape index (κ2) is 3.62. The zero-order valence-corrected chi connectivity index (χ0v) is 9.83. The summed E-state index contributed by atoms with van der Waals surface area (Å²) in [5.41, 5.74) is 0.607. The summed E-state index contributed by atoms with van der Waals surface area (Å²) in [5, 5.41) is 5.62. The molecule has 0 fully saturated rings. The number of hydrogen-bond acceptors (Lipinski definition) is 4. The Bertz CT molecular complexity index is 601. The van der Waals surface area contributed by atoms with Crippen LogP contribution in [0.15, 0.2) is 16.1 Å². The fraction of sp³-hybridized carbons (Fsp3) is 0.500. The minimum atomic E-state index is 0.0440. The number of hydrogen-bond donors (Lipinski definition) is 0. The number of aromatic nitrogens is 4. The molecule has 2 aromatic rings. The average Bonchev–Trinajstić information content (AvgIpc) is 2.48. The van der Waals surface area contributed by atoms with Crippen LogP contribution in [-0.4, -0.2) is 25.1 Å². The molecule has 1 aliphatic heterocycles. The van der Waals surface area contributed by atoms with E-state index in [-0.39, 0.29) is 5.56 Å². The Morgan fingerprint density at radius 2 is 2.31 bits per heavy atom. The lowest BCUT2D eigenvalue weighted by atomic mass is 10.3. The van der Waals surface area contributed by atoms with Gasteiger partial charge in [-0.05, 0) is 12.8 Å². The van der Waals surface area contributed by atoms with Gasteiger partial charge in [-0.2, -0.15) is 5.10 Å². The molecule has 5 nitrogen and oxygen atoms in total. The maximum atomic E-state index is 12.2. The number of rotatable bonds is 0. The summed E-state index contributed by atoms with van der Waals surface area (Å²) in [4.78, 5) is 16.6. The summed E-state index contributed by atoms with van der Waals surface area (Å²) in [5.74, 6) is 1.03. The van der Waals surface area contributed by atoms with Gasteiger partial charge in [-0.25, -0.2) is 4.98 Å². The van der Waals surface area contributed by atoms with E-state index in [9.17, 15) is 4.79 Å². The first kappa shape index (κ1) is 9.89. The van der Waals surface area contributed by atoms with Gasteiger partial charge in [0.2, 0.25) is 0 Å². The van der Waals surface area contributed by atoms with E-state index in [0.29, 0.717) is 11.0 Å².